The van der Waals surface area contributed by atoms with Gasteiger partial charge >= 0.3 is 0 Å². The molecule has 0 aliphatic carbocycles. The predicted octanol–water partition coefficient (Wildman–Crippen LogP) is 3.66. The molecule has 1 heterocycles. The van der Waals surface area contributed by atoms with Gasteiger partial charge in [-0.3, -0.25) is 4.90 Å². The Hall–Kier alpha value is -0.860. The van der Waals surface area contributed by atoms with E-state index in [0.717, 1.165) is 6.54 Å². The van der Waals surface area contributed by atoms with Gasteiger partial charge in [0, 0.05) is 19.1 Å². The summed E-state index contributed by atoms with van der Waals surface area (Å²) in [6, 6.07) is 7.41. The van der Waals surface area contributed by atoms with Gasteiger partial charge in [0.1, 0.15) is 0 Å². The predicted molar refractivity (Wildman–Crippen MR) is 87.1 cm³/mol. The Morgan fingerprint density at radius 3 is 2.85 bits per heavy atom. The van der Waals surface area contributed by atoms with Crippen molar-refractivity contribution in [3.8, 4) is 0 Å². The summed E-state index contributed by atoms with van der Waals surface area (Å²) in [7, 11) is 0. The van der Waals surface area contributed by atoms with Crippen molar-refractivity contribution in [3.63, 3.8) is 0 Å². The fourth-order valence-electron chi connectivity index (χ4n) is 3.06. The third kappa shape index (κ3) is 4.32. The van der Waals surface area contributed by atoms with E-state index in [1.165, 1.54) is 62.0 Å². The first-order chi connectivity index (χ1) is 9.70. The van der Waals surface area contributed by atoms with E-state index in [1.807, 2.05) is 0 Å². The Balaban J connectivity index is 1.99. The second kappa shape index (κ2) is 7.80. The summed E-state index contributed by atoms with van der Waals surface area (Å²) in [6.45, 7) is 11.5. The van der Waals surface area contributed by atoms with E-state index in [4.69, 9.17) is 0 Å². The number of rotatable bonds is 7. The fourth-order valence-corrected chi connectivity index (χ4v) is 3.06. The van der Waals surface area contributed by atoms with Crippen LogP contribution in [0.4, 0.5) is 0 Å². The maximum atomic E-state index is 3.63. The highest BCUT2D eigenvalue weighted by Gasteiger charge is 2.18. The van der Waals surface area contributed by atoms with Gasteiger partial charge in [-0.2, -0.15) is 0 Å². The van der Waals surface area contributed by atoms with Crippen molar-refractivity contribution in [1.29, 1.82) is 0 Å². The zero-order chi connectivity index (χ0) is 14.4. The lowest BCUT2D eigenvalue weighted by molar-refractivity contribution is 0.237. The highest BCUT2D eigenvalue weighted by Crippen LogP contribution is 2.17. The van der Waals surface area contributed by atoms with Crippen LogP contribution < -0.4 is 5.32 Å². The van der Waals surface area contributed by atoms with Crippen LogP contribution in [0, 0.1) is 13.8 Å². The Morgan fingerprint density at radius 2 is 2.15 bits per heavy atom. The average Bonchev–Trinajstić information content (AvgIpc) is 2.94. The van der Waals surface area contributed by atoms with Gasteiger partial charge in [0.05, 0.1) is 0 Å². The summed E-state index contributed by atoms with van der Waals surface area (Å²) in [5, 5.41) is 3.63. The summed E-state index contributed by atoms with van der Waals surface area (Å²) in [4.78, 5) is 2.65. The summed E-state index contributed by atoms with van der Waals surface area (Å²) >= 11 is 0. The lowest BCUT2D eigenvalue weighted by Crippen LogP contribution is -2.37. The summed E-state index contributed by atoms with van der Waals surface area (Å²) in [5.74, 6) is 0. The molecule has 0 aromatic heterocycles. The largest absolute Gasteiger partial charge is 0.313 e. The molecule has 1 N–H and O–H groups in total. The lowest BCUT2D eigenvalue weighted by atomic mass is 10.0. The van der Waals surface area contributed by atoms with Crippen LogP contribution >= 0.6 is 0 Å². The molecule has 2 rings (SSSR count). The van der Waals surface area contributed by atoms with Crippen molar-refractivity contribution < 1.29 is 0 Å². The zero-order valence-electron chi connectivity index (χ0n) is 13.4. The quantitative estimate of drug-likeness (QED) is 0.816. The molecule has 2 nitrogen and oxygen atoms in total. The van der Waals surface area contributed by atoms with Crippen molar-refractivity contribution in [3.05, 3.63) is 34.9 Å². The standard InChI is InChI=1S/C18H30N2/c1-4-5-12-20(14-18-10-7-11-19-18)13-17-9-6-8-15(2)16(17)3/h6,8-9,18-19H,4-5,7,10-14H2,1-3H3. The highest BCUT2D eigenvalue weighted by atomic mass is 15.2. The summed E-state index contributed by atoms with van der Waals surface area (Å²) in [6.07, 6.45) is 5.27. The summed E-state index contributed by atoms with van der Waals surface area (Å²) in [5.41, 5.74) is 4.38. The SMILES string of the molecule is CCCCN(Cc1cccc(C)c1C)CC1CCCN1. The molecule has 1 aromatic rings. The van der Waals surface area contributed by atoms with Gasteiger partial charge in [0.25, 0.3) is 0 Å². The van der Waals surface area contributed by atoms with E-state index in [9.17, 15) is 0 Å². The van der Waals surface area contributed by atoms with Crippen LogP contribution in [0.1, 0.15) is 49.3 Å². The van der Waals surface area contributed by atoms with Gasteiger partial charge in [-0.05, 0) is 62.9 Å². The number of nitrogens with zero attached hydrogens (tertiary/aromatic N) is 1. The smallest absolute Gasteiger partial charge is 0.0237 e. The minimum absolute atomic E-state index is 0.706. The maximum absolute atomic E-state index is 3.63. The van der Waals surface area contributed by atoms with Crippen LogP contribution in [0.25, 0.3) is 0 Å². The van der Waals surface area contributed by atoms with Crippen LogP contribution in [0.5, 0.6) is 0 Å². The van der Waals surface area contributed by atoms with Crippen LogP contribution in [0.3, 0.4) is 0 Å². The number of nitrogens with one attached hydrogen (secondary N) is 1. The molecule has 112 valence electrons. The van der Waals surface area contributed by atoms with Gasteiger partial charge in [-0.15, -0.1) is 0 Å². The fraction of sp³-hybridized carbons (Fsp3) is 0.667. The van der Waals surface area contributed by atoms with E-state index in [0.29, 0.717) is 6.04 Å². The maximum Gasteiger partial charge on any atom is 0.0237 e. The van der Waals surface area contributed by atoms with Crippen molar-refractivity contribution in [2.24, 2.45) is 0 Å². The van der Waals surface area contributed by atoms with Crippen LogP contribution in [0.15, 0.2) is 18.2 Å². The number of aryl methyl sites for hydroxylation is 1. The van der Waals surface area contributed by atoms with Crippen molar-refractivity contribution in [2.75, 3.05) is 19.6 Å². The molecule has 20 heavy (non-hydrogen) atoms. The average molecular weight is 274 g/mol. The normalized spacial score (nSPS) is 18.9. The van der Waals surface area contributed by atoms with Gasteiger partial charge in [0.2, 0.25) is 0 Å². The molecule has 1 aliphatic heterocycles. The highest BCUT2D eigenvalue weighted by molar-refractivity contribution is 5.33. The molecule has 0 bridgehead atoms. The second-order valence-corrected chi connectivity index (χ2v) is 6.24. The number of hydrogen-bond acceptors (Lipinski definition) is 2. The minimum atomic E-state index is 0.706. The molecule has 0 spiro atoms. The van der Waals surface area contributed by atoms with E-state index in [1.54, 1.807) is 0 Å². The topological polar surface area (TPSA) is 15.3 Å². The molecule has 0 amide bonds. The number of unbranched alkanes of at least 4 members (excludes halogenated alkanes) is 1. The Bertz CT molecular complexity index is 408. The van der Waals surface area contributed by atoms with Gasteiger partial charge in [0.15, 0.2) is 0 Å². The molecule has 1 atom stereocenters. The molecular weight excluding hydrogens is 244 g/mol. The van der Waals surface area contributed by atoms with E-state index >= 15 is 0 Å². The summed E-state index contributed by atoms with van der Waals surface area (Å²) < 4.78 is 0. The number of benzene rings is 1. The third-order valence-electron chi connectivity index (χ3n) is 4.58. The lowest BCUT2D eigenvalue weighted by Gasteiger charge is -2.26. The van der Waals surface area contributed by atoms with Crippen molar-refractivity contribution in [1.82, 2.24) is 10.2 Å². The first-order valence-corrected chi connectivity index (χ1v) is 8.21. The molecule has 1 aliphatic rings. The molecule has 1 fully saturated rings. The Morgan fingerprint density at radius 1 is 1.30 bits per heavy atom. The molecule has 0 saturated carbocycles. The first kappa shape index (κ1) is 15.5. The van der Waals surface area contributed by atoms with Crippen LogP contribution in [-0.2, 0) is 6.54 Å². The third-order valence-corrected chi connectivity index (χ3v) is 4.58. The molecular formula is C18H30N2. The minimum Gasteiger partial charge on any atom is -0.313 e. The molecule has 0 radical (unpaired) electrons. The van der Waals surface area contributed by atoms with Gasteiger partial charge in [-0.25, -0.2) is 0 Å². The van der Waals surface area contributed by atoms with Crippen molar-refractivity contribution >= 4 is 0 Å². The first-order valence-electron chi connectivity index (χ1n) is 8.21. The van der Waals surface area contributed by atoms with E-state index < -0.39 is 0 Å². The zero-order valence-corrected chi connectivity index (χ0v) is 13.4. The Labute approximate surface area is 124 Å². The molecule has 1 aromatic carbocycles. The monoisotopic (exact) mass is 274 g/mol. The second-order valence-electron chi connectivity index (χ2n) is 6.24. The van der Waals surface area contributed by atoms with Crippen molar-refractivity contribution in [2.45, 2.75) is 59.0 Å². The van der Waals surface area contributed by atoms with Crippen LogP contribution in [-0.4, -0.2) is 30.6 Å². The molecule has 2 heteroatoms. The number of hydrogen-bond donors (Lipinski definition) is 1. The van der Waals surface area contributed by atoms with E-state index in [2.05, 4.69) is 49.2 Å². The molecule has 1 saturated heterocycles. The Kier molecular flexibility index (Phi) is 6.06. The molecule has 1 unspecified atom stereocenters. The van der Waals surface area contributed by atoms with Gasteiger partial charge in [-0.1, -0.05) is 31.5 Å². The van der Waals surface area contributed by atoms with Crippen LogP contribution in [0.2, 0.25) is 0 Å². The van der Waals surface area contributed by atoms with E-state index in [-0.39, 0.29) is 0 Å². The van der Waals surface area contributed by atoms with Gasteiger partial charge < -0.3 is 5.32 Å².